The molecule has 0 amide bonds. The number of anilines is 1. The highest BCUT2D eigenvalue weighted by Gasteiger charge is 2.26. The van der Waals surface area contributed by atoms with Crippen molar-refractivity contribution in [1.82, 2.24) is 19.5 Å². The Labute approximate surface area is 152 Å². The number of fused-ring (bicyclic) bond motifs is 1. The smallest absolute Gasteiger partial charge is 0.283 e. The Kier molecular flexibility index (Phi) is 5.92. The van der Waals surface area contributed by atoms with E-state index < -0.39 is 12.7 Å². The minimum Gasteiger partial charge on any atom is -0.374 e. The summed E-state index contributed by atoms with van der Waals surface area (Å²) in [6, 6.07) is 9.51. The zero-order valence-electron chi connectivity index (χ0n) is 13.6. The van der Waals surface area contributed by atoms with Crippen molar-refractivity contribution in [1.29, 1.82) is 0 Å². The van der Waals surface area contributed by atoms with Crippen molar-refractivity contribution in [2.45, 2.75) is 19.3 Å². The second-order valence-electron chi connectivity index (χ2n) is 5.33. The van der Waals surface area contributed by atoms with Gasteiger partial charge in [-0.2, -0.15) is 9.97 Å². The number of aromatic nitrogens is 4. The maximum Gasteiger partial charge on any atom is 0.283 e. The van der Waals surface area contributed by atoms with Gasteiger partial charge in [-0.3, -0.25) is 4.57 Å². The average molecular weight is 384 g/mol. The van der Waals surface area contributed by atoms with Gasteiger partial charge in [0.2, 0.25) is 5.95 Å². The number of ether oxygens (including phenoxy) is 2. The van der Waals surface area contributed by atoms with Gasteiger partial charge in [0.15, 0.2) is 17.0 Å². The highest BCUT2D eigenvalue weighted by atomic mass is 35.5. The number of imidazole rings is 1. The number of nitrogen functional groups attached to an aromatic ring is 1. The molecular weight excluding hydrogens is 368 g/mol. The van der Waals surface area contributed by atoms with Crippen LogP contribution in [0.4, 0.5) is 14.7 Å². The highest BCUT2D eigenvalue weighted by Crippen LogP contribution is 2.26. The third-order valence-electron chi connectivity index (χ3n) is 3.51. The van der Waals surface area contributed by atoms with Crippen LogP contribution in [-0.2, 0) is 16.1 Å². The Morgan fingerprint density at radius 2 is 1.92 bits per heavy atom. The van der Waals surface area contributed by atoms with Gasteiger partial charge in [-0.15, -0.1) is 0 Å². The summed E-state index contributed by atoms with van der Waals surface area (Å²) < 4.78 is 38.7. The van der Waals surface area contributed by atoms with E-state index in [2.05, 4.69) is 15.0 Å². The summed E-state index contributed by atoms with van der Waals surface area (Å²) in [5.74, 6) is -0.136. The third-order valence-corrected chi connectivity index (χ3v) is 3.78. The van der Waals surface area contributed by atoms with Crippen LogP contribution < -0.4 is 5.73 Å². The molecule has 1 atom stereocenters. The van der Waals surface area contributed by atoms with Crippen LogP contribution in [0.2, 0.25) is 5.15 Å². The molecule has 3 aromatic rings. The second-order valence-corrected chi connectivity index (χ2v) is 5.69. The molecule has 1 aromatic carbocycles. The van der Waals surface area contributed by atoms with Crippen molar-refractivity contribution in [2.24, 2.45) is 0 Å². The van der Waals surface area contributed by atoms with Gasteiger partial charge in [-0.1, -0.05) is 41.9 Å². The molecule has 2 N–H and O–H groups in total. The predicted octanol–water partition coefficient (Wildman–Crippen LogP) is 3.06. The quantitative estimate of drug-likeness (QED) is 0.475. The van der Waals surface area contributed by atoms with Crippen molar-refractivity contribution in [3.63, 3.8) is 0 Å². The van der Waals surface area contributed by atoms with Gasteiger partial charge in [0, 0.05) is 0 Å². The van der Waals surface area contributed by atoms with Crippen LogP contribution in [0.1, 0.15) is 11.8 Å². The monoisotopic (exact) mass is 383 g/mol. The van der Waals surface area contributed by atoms with E-state index in [0.29, 0.717) is 6.61 Å². The topological polar surface area (TPSA) is 88.1 Å². The molecule has 0 aliphatic rings. The van der Waals surface area contributed by atoms with Crippen LogP contribution in [0.25, 0.3) is 11.2 Å². The van der Waals surface area contributed by atoms with Crippen molar-refractivity contribution in [3.8, 4) is 0 Å². The van der Waals surface area contributed by atoms with Gasteiger partial charge in [-0.25, -0.2) is 13.8 Å². The SMILES string of the molecule is Nc1nc(Cl)c2ncn(C(OCCOCc3ccccc3)C(F)F)c2n1. The number of rotatable bonds is 8. The maximum atomic E-state index is 13.4. The Hall–Kier alpha value is -2.36. The van der Waals surface area contributed by atoms with Crippen molar-refractivity contribution in [2.75, 3.05) is 18.9 Å². The van der Waals surface area contributed by atoms with Crippen molar-refractivity contribution in [3.05, 3.63) is 47.4 Å². The van der Waals surface area contributed by atoms with Gasteiger partial charge in [0.25, 0.3) is 6.43 Å². The minimum atomic E-state index is -2.81. The second kappa shape index (κ2) is 8.35. The fraction of sp³-hybridized carbons (Fsp3) is 0.312. The van der Waals surface area contributed by atoms with Gasteiger partial charge in [0.05, 0.1) is 26.1 Å². The van der Waals surface area contributed by atoms with Gasteiger partial charge >= 0.3 is 0 Å². The van der Waals surface area contributed by atoms with Gasteiger partial charge < -0.3 is 15.2 Å². The number of nitrogens with zero attached hydrogens (tertiary/aromatic N) is 4. The summed E-state index contributed by atoms with van der Waals surface area (Å²) in [7, 11) is 0. The molecule has 0 aliphatic carbocycles. The van der Waals surface area contributed by atoms with Crippen molar-refractivity contribution >= 4 is 28.7 Å². The van der Waals surface area contributed by atoms with E-state index in [4.69, 9.17) is 26.8 Å². The van der Waals surface area contributed by atoms with E-state index in [9.17, 15) is 8.78 Å². The number of nitrogens with two attached hydrogens (primary N) is 1. The Morgan fingerprint density at radius 3 is 2.65 bits per heavy atom. The average Bonchev–Trinajstić information content (AvgIpc) is 3.02. The van der Waals surface area contributed by atoms with E-state index in [1.54, 1.807) is 0 Å². The summed E-state index contributed by atoms with van der Waals surface area (Å²) in [6.07, 6.45) is -3.23. The number of halogens is 3. The zero-order valence-corrected chi connectivity index (χ0v) is 14.3. The lowest BCUT2D eigenvalue weighted by Crippen LogP contribution is -2.22. The summed E-state index contributed by atoms with van der Waals surface area (Å²) in [5, 5.41) is -0.00883. The summed E-state index contributed by atoms with van der Waals surface area (Å²) in [5.41, 5.74) is 6.77. The molecule has 2 heterocycles. The molecule has 0 bridgehead atoms. The first-order valence-corrected chi connectivity index (χ1v) is 8.11. The lowest BCUT2D eigenvalue weighted by Gasteiger charge is -2.19. The molecule has 0 spiro atoms. The minimum absolute atomic E-state index is 0.00883. The Morgan fingerprint density at radius 1 is 1.15 bits per heavy atom. The Balaban J connectivity index is 1.63. The molecule has 0 aliphatic heterocycles. The summed E-state index contributed by atoms with van der Waals surface area (Å²) >= 11 is 5.91. The molecule has 0 saturated carbocycles. The summed E-state index contributed by atoms with van der Waals surface area (Å²) in [6.45, 7) is 0.495. The van der Waals surface area contributed by atoms with Crippen LogP contribution in [0.15, 0.2) is 36.7 Å². The van der Waals surface area contributed by atoms with Crippen LogP contribution >= 0.6 is 11.6 Å². The highest BCUT2D eigenvalue weighted by molar-refractivity contribution is 6.33. The normalized spacial score (nSPS) is 12.8. The first kappa shape index (κ1) is 18.4. The van der Waals surface area contributed by atoms with Crippen LogP contribution in [0, 0.1) is 0 Å². The van der Waals surface area contributed by atoms with E-state index in [-0.39, 0.29) is 35.5 Å². The molecule has 0 radical (unpaired) electrons. The first-order valence-electron chi connectivity index (χ1n) is 7.73. The fourth-order valence-electron chi connectivity index (χ4n) is 2.35. The van der Waals surface area contributed by atoms with Gasteiger partial charge in [0.1, 0.15) is 5.52 Å². The molecular formula is C16H16ClF2N5O2. The lowest BCUT2D eigenvalue weighted by molar-refractivity contribution is -0.110. The van der Waals surface area contributed by atoms with Crippen molar-refractivity contribution < 1.29 is 18.3 Å². The fourth-order valence-corrected chi connectivity index (χ4v) is 2.57. The van der Waals surface area contributed by atoms with Gasteiger partial charge in [-0.05, 0) is 5.56 Å². The molecule has 138 valence electrons. The van der Waals surface area contributed by atoms with E-state index in [0.717, 1.165) is 10.1 Å². The van der Waals surface area contributed by atoms with E-state index in [1.165, 1.54) is 6.33 Å². The number of hydrogen-bond acceptors (Lipinski definition) is 6. The maximum absolute atomic E-state index is 13.4. The molecule has 3 rings (SSSR count). The predicted molar refractivity (Wildman–Crippen MR) is 91.8 cm³/mol. The molecule has 0 fully saturated rings. The standard InChI is InChI=1S/C16H16ClF2N5O2/c17-12-11-14(23-16(20)22-12)24(9-21-11)15(13(18)19)26-7-6-25-8-10-4-2-1-3-5-10/h1-5,9,13,15H,6-8H2,(H2,20,22,23). The van der Waals surface area contributed by atoms with Crippen LogP contribution in [-0.4, -0.2) is 39.2 Å². The van der Waals surface area contributed by atoms with Crippen LogP contribution in [0.5, 0.6) is 0 Å². The molecule has 7 nitrogen and oxygen atoms in total. The first-order chi connectivity index (χ1) is 12.6. The molecule has 2 aromatic heterocycles. The van der Waals surface area contributed by atoms with E-state index >= 15 is 0 Å². The summed E-state index contributed by atoms with van der Waals surface area (Å²) in [4.78, 5) is 11.6. The largest absolute Gasteiger partial charge is 0.374 e. The molecule has 10 heteroatoms. The third kappa shape index (κ3) is 4.24. The molecule has 1 unspecified atom stereocenters. The number of benzene rings is 1. The lowest BCUT2D eigenvalue weighted by atomic mass is 10.2. The zero-order chi connectivity index (χ0) is 18.5. The number of hydrogen-bond donors (Lipinski definition) is 1. The van der Waals surface area contributed by atoms with Crippen LogP contribution in [0.3, 0.4) is 0 Å². The molecule has 26 heavy (non-hydrogen) atoms. The van der Waals surface area contributed by atoms with E-state index in [1.807, 2.05) is 30.3 Å². The Bertz CT molecular complexity index is 862. The number of alkyl halides is 2. The molecule has 0 saturated heterocycles.